The Labute approximate surface area is 82.1 Å². The number of esters is 1. The summed E-state index contributed by atoms with van der Waals surface area (Å²) in [6.45, 7) is 2.42. The van der Waals surface area contributed by atoms with Crippen LogP contribution in [0.1, 0.15) is 0 Å². The van der Waals surface area contributed by atoms with E-state index in [0.29, 0.717) is 13.1 Å². The van der Waals surface area contributed by atoms with Crippen LogP contribution in [-0.4, -0.2) is 56.9 Å². The van der Waals surface area contributed by atoms with Crippen molar-refractivity contribution in [2.75, 3.05) is 39.9 Å². The quantitative estimate of drug-likeness (QED) is 0.594. The zero-order valence-corrected chi connectivity index (χ0v) is 8.12. The Kier molecular flexibility index (Phi) is 4.18. The lowest BCUT2D eigenvalue weighted by Crippen LogP contribution is -2.46. The van der Waals surface area contributed by atoms with Gasteiger partial charge in [-0.3, -0.25) is 0 Å². The van der Waals surface area contributed by atoms with Gasteiger partial charge in [-0.15, -0.1) is 0 Å². The number of amides is 1. The fraction of sp³-hybridized carbons (Fsp3) is 0.750. The molecule has 1 N–H and O–H groups in total. The molecule has 0 unspecified atom stereocenters. The zero-order chi connectivity index (χ0) is 10.4. The predicted molar refractivity (Wildman–Crippen MR) is 47.8 cm³/mol. The number of piperazine rings is 1. The molecule has 0 aromatic heterocycles. The molecule has 0 saturated carbocycles. The molecule has 0 aliphatic carbocycles. The third-order valence-corrected chi connectivity index (χ3v) is 1.92. The van der Waals surface area contributed by atoms with E-state index in [2.05, 4.69) is 10.1 Å². The first-order valence-electron chi connectivity index (χ1n) is 4.43. The van der Waals surface area contributed by atoms with E-state index in [0.717, 1.165) is 13.1 Å². The van der Waals surface area contributed by atoms with E-state index in [1.165, 1.54) is 7.11 Å². The van der Waals surface area contributed by atoms with Crippen LogP contribution in [0, 0.1) is 0 Å². The standard InChI is InChI=1S/C8H14N2O4/c1-13-7(11)6-14-8(12)10-4-2-9-3-5-10/h9H,2-6H2,1H3. The largest absolute Gasteiger partial charge is 0.466 e. The van der Waals surface area contributed by atoms with Gasteiger partial charge in [-0.2, -0.15) is 0 Å². The van der Waals surface area contributed by atoms with E-state index in [1.807, 2.05) is 0 Å². The Morgan fingerprint density at radius 3 is 2.57 bits per heavy atom. The molecule has 6 heteroatoms. The second kappa shape index (κ2) is 5.43. The Morgan fingerprint density at radius 2 is 2.00 bits per heavy atom. The molecule has 80 valence electrons. The van der Waals surface area contributed by atoms with E-state index in [4.69, 9.17) is 4.74 Å². The van der Waals surface area contributed by atoms with Crippen LogP contribution >= 0.6 is 0 Å². The molecule has 1 heterocycles. The van der Waals surface area contributed by atoms with Crippen LogP contribution in [0.25, 0.3) is 0 Å². The predicted octanol–water partition coefficient (Wildman–Crippen LogP) is -0.799. The summed E-state index contributed by atoms with van der Waals surface area (Å²) < 4.78 is 9.06. The number of hydrogen-bond donors (Lipinski definition) is 1. The maximum atomic E-state index is 11.3. The molecular formula is C8H14N2O4. The van der Waals surface area contributed by atoms with Gasteiger partial charge in [0.15, 0.2) is 6.61 Å². The van der Waals surface area contributed by atoms with Crippen molar-refractivity contribution in [3.63, 3.8) is 0 Å². The van der Waals surface area contributed by atoms with E-state index >= 15 is 0 Å². The summed E-state index contributed by atoms with van der Waals surface area (Å²) in [6, 6.07) is 0. The number of rotatable bonds is 2. The number of carbonyl (C=O) groups is 2. The van der Waals surface area contributed by atoms with Crippen molar-refractivity contribution in [2.24, 2.45) is 0 Å². The number of methoxy groups -OCH3 is 1. The molecule has 1 fully saturated rings. The molecule has 0 radical (unpaired) electrons. The molecule has 1 rings (SSSR count). The van der Waals surface area contributed by atoms with Crippen LogP contribution in [0.15, 0.2) is 0 Å². The van der Waals surface area contributed by atoms with Crippen molar-refractivity contribution in [1.29, 1.82) is 0 Å². The molecule has 0 bridgehead atoms. The smallest absolute Gasteiger partial charge is 0.410 e. The molecule has 1 aliphatic heterocycles. The van der Waals surface area contributed by atoms with E-state index in [1.54, 1.807) is 4.90 Å². The molecule has 1 amide bonds. The minimum Gasteiger partial charge on any atom is -0.466 e. The summed E-state index contributed by atoms with van der Waals surface area (Å²) in [5, 5.41) is 3.10. The average Bonchev–Trinajstić information content (AvgIpc) is 2.26. The molecule has 0 aromatic carbocycles. The van der Waals surface area contributed by atoms with Gasteiger partial charge in [0.05, 0.1) is 7.11 Å². The van der Waals surface area contributed by atoms with E-state index < -0.39 is 12.1 Å². The van der Waals surface area contributed by atoms with Gasteiger partial charge in [0.1, 0.15) is 0 Å². The minimum absolute atomic E-state index is 0.320. The fourth-order valence-electron chi connectivity index (χ4n) is 1.12. The normalized spacial score (nSPS) is 16.2. The first-order valence-corrected chi connectivity index (χ1v) is 4.43. The Morgan fingerprint density at radius 1 is 1.36 bits per heavy atom. The number of nitrogens with one attached hydrogen (secondary N) is 1. The minimum atomic E-state index is -0.548. The summed E-state index contributed by atoms with van der Waals surface area (Å²) >= 11 is 0. The topological polar surface area (TPSA) is 67.9 Å². The monoisotopic (exact) mass is 202 g/mol. The molecule has 0 spiro atoms. The highest BCUT2D eigenvalue weighted by molar-refractivity contribution is 5.75. The van der Waals surface area contributed by atoms with Crippen molar-refractivity contribution < 1.29 is 19.1 Å². The van der Waals surface area contributed by atoms with Gasteiger partial charge < -0.3 is 19.7 Å². The average molecular weight is 202 g/mol. The molecule has 0 atom stereocenters. The van der Waals surface area contributed by atoms with Crippen LogP contribution in [0.4, 0.5) is 4.79 Å². The summed E-state index contributed by atoms with van der Waals surface area (Å²) in [4.78, 5) is 23.5. The second-order valence-electron chi connectivity index (χ2n) is 2.87. The lowest BCUT2D eigenvalue weighted by atomic mass is 10.4. The summed E-state index contributed by atoms with van der Waals surface area (Å²) in [6.07, 6.45) is -0.461. The van der Waals surface area contributed by atoms with Crippen molar-refractivity contribution in [2.45, 2.75) is 0 Å². The molecule has 0 aromatic rings. The van der Waals surface area contributed by atoms with Crippen LogP contribution in [-0.2, 0) is 14.3 Å². The van der Waals surface area contributed by atoms with E-state index in [9.17, 15) is 9.59 Å². The van der Waals surface area contributed by atoms with Gasteiger partial charge in [-0.1, -0.05) is 0 Å². The van der Waals surface area contributed by atoms with Gasteiger partial charge >= 0.3 is 12.1 Å². The summed E-state index contributed by atoms with van der Waals surface area (Å²) in [5.41, 5.74) is 0. The van der Waals surface area contributed by atoms with Crippen LogP contribution < -0.4 is 5.32 Å². The molecule has 1 aliphatic rings. The van der Waals surface area contributed by atoms with E-state index in [-0.39, 0.29) is 6.61 Å². The van der Waals surface area contributed by atoms with Gasteiger partial charge in [0.2, 0.25) is 0 Å². The first kappa shape index (κ1) is 10.8. The molecule has 6 nitrogen and oxygen atoms in total. The molecule has 14 heavy (non-hydrogen) atoms. The Hall–Kier alpha value is -1.30. The van der Waals surface area contributed by atoms with Crippen LogP contribution in [0.5, 0.6) is 0 Å². The number of hydrogen-bond acceptors (Lipinski definition) is 5. The van der Waals surface area contributed by atoms with Gasteiger partial charge in [0, 0.05) is 26.2 Å². The number of ether oxygens (including phenoxy) is 2. The maximum Gasteiger partial charge on any atom is 0.410 e. The second-order valence-corrected chi connectivity index (χ2v) is 2.87. The van der Waals surface area contributed by atoms with Crippen molar-refractivity contribution >= 4 is 12.1 Å². The fourth-order valence-corrected chi connectivity index (χ4v) is 1.12. The number of nitrogens with zero attached hydrogens (tertiary/aromatic N) is 1. The highest BCUT2D eigenvalue weighted by Gasteiger charge is 2.18. The lowest BCUT2D eigenvalue weighted by molar-refractivity contribution is -0.144. The van der Waals surface area contributed by atoms with Crippen molar-refractivity contribution in [1.82, 2.24) is 10.2 Å². The summed E-state index contributed by atoms with van der Waals surface area (Å²) in [7, 11) is 1.25. The summed E-state index contributed by atoms with van der Waals surface area (Å²) in [5.74, 6) is -0.548. The zero-order valence-electron chi connectivity index (χ0n) is 8.12. The van der Waals surface area contributed by atoms with Gasteiger partial charge in [-0.25, -0.2) is 9.59 Å². The van der Waals surface area contributed by atoms with Crippen molar-refractivity contribution in [3.8, 4) is 0 Å². The third-order valence-electron chi connectivity index (χ3n) is 1.92. The SMILES string of the molecule is COC(=O)COC(=O)N1CCNCC1. The Bertz CT molecular complexity index is 213. The number of carbonyl (C=O) groups excluding carboxylic acids is 2. The van der Waals surface area contributed by atoms with Crippen LogP contribution in [0.3, 0.4) is 0 Å². The third kappa shape index (κ3) is 3.21. The lowest BCUT2D eigenvalue weighted by Gasteiger charge is -2.26. The van der Waals surface area contributed by atoms with Gasteiger partial charge in [0.25, 0.3) is 0 Å². The van der Waals surface area contributed by atoms with Crippen molar-refractivity contribution in [3.05, 3.63) is 0 Å². The maximum absolute atomic E-state index is 11.3. The van der Waals surface area contributed by atoms with Gasteiger partial charge in [-0.05, 0) is 0 Å². The highest BCUT2D eigenvalue weighted by atomic mass is 16.6. The Balaban J connectivity index is 2.23. The highest BCUT2D eigenvalue weighted by Crippen LogP contribution is 1.96. The molecule has 1 saturated heterocycles. The first-order chi connectivity index (χ1) is 6.74. The molecular weight excluding hydrogens is 188 g/mol. The van der Waals surface area contributed by atoms with Crippen LogP contribution in [0.2, 0.25) is 0 Å².